The topological polar surface area (TPSA) is 30.9 Å². The molecule has 0 atom stereocenters. The SMILES string of the molecule is CN=C(NCC1CC1)N1CCN(c2ccccc2Cl)CC1.I. The fourth-order valence-corrected chi connectivity index (χ4v) is 3.01. The lowest BCUT2D eigenvalue weighted by molar-refractivity contribution is 0.372. The van der Waals surface area contributed by atoms with Crippen LogP contribution in [0.25, 0.3) is 0 Å². The Morgan fingerprint density at radius 3 is 2.50 bits per heavy atom. The molecule has 1 heterocycles. The number of halogens is 2. The van der Waals surface area contributed by atoms with Crippen molar-refractivity contribution in [3.05, 3.63) is 29.3 Å². The number of hydrogen-bond donors (Lipinski definition) is 1. The van der Waals surface area contributed by atoms with Crippen LogP contribution < -0.4 is 10.2 Å². The first kappa shape index (κ1) is 17.7. The van der Waals surface area contributed by atoms with Crippen LogP contribution in [0.5, 0.6) is 0 Å². The summed E-state index contributed by atoms with van der Waals surface area (Å²) in [7, 11) is 1.87. The van der Waals surface area contributed by atoms with E-state index in [1.165, 1.54) is 12.8 Å². The van der Waals surface area contributed by atoms with Crippen LogP contribution in [0.3, 0.4) is 0 Å². The monoisotopic (exact) mass is 434 g/mol. The number of nitrogens with zero attached hydrogens (tertiary/aromatic N) is 3. The van der Waals surface area contributed by atoms with Gasteiger partial charge in [-0.2, -0.15) is 0 Å². The van der Waals surface area contributed by atoms with Gasteiger partial charge in [0.05, 0.1) is 10.7 Å². The number of anilines is 1. The zero-order valence-corrected chi connectivity index (χ0v) is 16.1. The van der Waals surface area contributed by atoms with Gasteiger partial charge in [-0.1, -0.05) is 23.7 Å². The molecule has 0 radical (unpaired) electrons. The van der Waals surface area contributed by atoms with E-state index < -0.39 is 0 Å². The van der Waals surface area contributed by atoms with Gasteiger partial charge in [-0.05, 0) is 30.9 Å². The molecule has 22 heavy (non-hydrogen) atoms. The molecule has 1 aromatic rings. The fourth-order valence-electron chi connectivity index (χ4n) is 2.76. The van der Waals surface area contributed by atoms with E-state index in [4.69, 9.17) is 11.6 Å². The van der Waals surface area contributed by atoms with Crippen molar-refractivity contribution in [2.45, 2.75) is 12.8 Å². The number of rotatable bonds is 3. The number of aliphatic imine (C=N–C) groups is 1. The van der Waals surface area contributed by atoms with Crippen molar-refractivity contribution in [2.75, 3.05) is 44.7 Å². The van der Waals surface area contributed by atoms with Gasteiger partial charge in [0.15, 0.2) is 5.96 Å². The molecule has 0 amide bonds. The summed E-state index contributed by atoms with van der Waals surface area (Å²) in [6.07, 6.45) is 2.73. The number of para-hydroxylation sites is 1. The van der Waals surface area contributed by atoms with Crippen LogP contribution in [0.2, 0.25) is 5.02 Å². The van der Waals surface area contributed by atoms with E-state index in [-0.39, 0.29) is 24.0 Å². The van der Waals surface area contributed by atoms with Crippen molar-refractivity contribution in [3.8, 4) is 0 Å². The summed E-state index contributed by atoms with van der Waals surface area (Å²) in [6.45, 7) is 4.99. The lowest BCUT2D eigenvalue weighted by Crippen LogP contribution is -2.52. The average Bonchev–Trinajstić information content (AvgIpc) is 3.33. The summed E-state index contributed by atoms with van der Waals surface area (Å²) in [6, 6.07) is 8.08. The van der Waals surface area contributed by atoms with Gasteiger partial charge >= 0.3 is 0 Å². The van der Waals surface area contributed by atoms with Crippen LogP contribution in [-0.4, -0.2) is 50.6 Å². The molecule has 0 spiro atoms. The second-order valence-corrected chi connectivity index (χ2v) is 6.20. The third-order valence-corrected chi connectivity index (χ3v) is 4.55. The minimum Gasteiger partial charge on any atom is -0.367 e. The van der Waals surface area contributed by atoms with E-state index in [1.807, 2.05) is 25.2 Å². The summed E-state index contributed by atoms with van der Waals surface area (Å²) < 4.78 is 0. The zero-order valence-electron chi connectivity index (χ0n) is 13.0. The first-order valence-electron chi connectivity index (χ1n) is 7.73. The summed E-state index contributed by atoms with van der Waals surface area (Å²) in [5, 5.41) is 4.33. The molecule has 6 heteroatoms. The van der Waals surface area contributed by atoms with Gasteiger partial charge in [0.1, 0.15) is 0 Å². The standard InChI is InChI=1S/C16H23ClN4.HI/c1-18-16(19-12-13-6-7-13)21-10-8-20(9-11-21)15-5-3-2-4-14(15)17;/h2-5,13H,6-12H2,1H3,(H,18,19);1H. The number of nitrogens with one attached hydrogen (secondary N) is 1. The first-order valence-corrected chi connectivity index (χ1v) is 8.11. The minimum atomic E-state index is 0. The second-order valence-electron chi connectivity index (χ2n) is 5.80. The van der Waals surface area contributed by atoms with Crippen LogP contribution in [0.15, 0.2) is 29.3 Å². The second kappa shape index (κ2) is 8.24. The molecular weight excluding hydrogens is 411 g/mol. The van der Waals surface area contributed by atoms with Crippen molar-refractivity contribution >= 4 is 47.2 Å². The molecule has 0 aromatic heterocycles. The molecular formula is C16H24ClIN4. The quantitative estimate of drug-likeness (QED) is 0.451. The maximum Gasteiger partial charge on any atom is 0.193 e. The Kier molecular flexibility index (Phi) is 6.62. The van der Waals surface area contributed by atoms with Gasteiger partial charge in [0.2, 0.25) is 0 Å². The van der Waals surface area contributed by atoms with Gasteiger partial charge in [-0.15, -0.1) is 24.0 Å². The minimum absolute atomic E-state index is 0. The van der Waals surface area contributed by atoms with E-state index in [1.54, 1.807) is 0 Å². The maximum atomic E-state index is 6.28. The van der Waals surface area contributed by atoms with E-state index in [9.17, 15) is 0 Å². The molecule has 1 aliphatic heterocycles. The van der Waals surface area contributed by atoms with Crippen molar-refractivity contribution < 1.29 is 0 Å². The molecule has 2 aliphatic rings. The summed E-state index contributed by atoms with van der Waals surface area (Å²) in [5.41, 5.74) is 1.14. The third kappa shape index (κ3) is 4.41. The van der Waals surface area contributed by atoms with E-state index in [2.05, 4.69) is 26.2 Å². The van der Waals surface area contributed by atoms with Crippen molar-refractivity contribution in [1.82, 2.24) is 10.2 Å². The van der Waals surface area contributed by atoms with E-state index >= 15 is 0 Å². The van der Waals surface area contributed by atoms with Crippen molar-refractivity contribution in [1.29, 1.82) is 0 Å². The van der Waals surface area contributed by atoms with Crippen LogP contribution in [0.4, 0.5) is 5.69 Å². The molecule has 1 N–H and O–H groups in total. The molecule has 1 aromatic carbocycles. The largest absolute Gasteiger partial charge is 0.367 e. The number of hydrogen-bond acceptors (Lipinski definition) is 2. The van der Waals surface area contributed by atoms with Crippen molar-refractivity contribution in [2.24, 2.45) is 10.9 Å². The molecule has 1 saturated heterocycles. The lowest BCUT2D eigenvalue weighted by atomic mass is 10.2. The van der Waals surface area contributed by atoms with Gasteiger partial charge in [0, 0.05) is 39.8 Å². The molecule has 2 fully saturated rings. The first-order chi connectivity index (χ1) is 10.3. The molecule has 0 bridgehead atoms. The summed E-state index contributed by atoms with van der Waals surface area (Å²) in [4.78, 5) is 9.11. The Morgan fingerprint density at radius 2 is 1.91 bits per heavy atom. The third-order valence-electron chi connectivity index (χ3n) is 4.23. The van der Waals surface area contributed by atoms with Crippen LogP contribution in [-0.2, 0) is 0 Å². The molecule has 0 unspecified atom stereocenters. The highest BCUT2D eigenvalue weighted by molar-refractivity contribution is 14.0. The summed E-state index contributed by atoms with van der Waals surface area (Å²) >= 11 is 6.28. The Balaban J connectivity index is 0.00000176. The molecule has 1 saturated carbocycles. The fraction of sp³-hybridized carbons (Fsp3) is 0.562. The number of guanidine groups is 1. The van der Waals surface area contributed by atoms with Gasteiger partial charge < -0.3 is 15.1 Å². The van der Waals surface area contributed by atoms with Crippen molar-refractivity contribution in [3.63, 3.8) is 0 Å². The highest BCUT2D eigenvalue weighted by atomic mass is 127. The van der Waals surface area contributed by atoms with Crippen LogP contribution in [0, 0.1) is 5.92 Å². The molecule has 1 aliphatic carbocycles. The van der Waals surface area contributed by atoms with Gasteiger partial charge in [-0.3, -0.25) is 4.99 Å². The van der Waals surface area contributed by atoms with E-state index in [0.717, 1.165) is 55.3 Å². The van der Waals surface area contributed by atoms with Gasteiger partial charge in [0.25, 0.3) is 0 Å². The molecule has 3 rings (SSSR count). The number of benzene rings is 1. The normalized spacial score (nSPS) is 18.9. The maximum absolute atomic E-state index is 6.28. The predicted molar refractivity (Wildman–Crippen MR) is 105 cm³/mol. The zero-order chi connectivity index (χ0) is 14.7. The van der Waals surface area contributed by atoms with Gasteiger partial charge in [-0.25, -0.2) is 0 Å². The Morgan fingerprint density at radius 1 is 1.23 bits per heavy atom. The predicted octanol–water partition coefficient (Wildman–Crippen LogP) is 3.07. The molecule has 4 nitrogen and oxygen atoms in total. The Hall–Kier alpha value is -0.690. The molecule has 122 valence electrons. The summed E-state index contributed by atoms with van der Waals surface area (Å²) in [5.74, 6) is 1.91. The van der Waals surface area contributed by atoms with Crippen LogP contribution in [0.1, 0.15) is 12.8 Å². The number of piperazine rings is 1. The average molecular weight is 435 g/mol. The Bertz CT molecular complexity index is 511. The highest BCUT2D eigenvalue weighted by Gasteiger charge is 2.24. The van der Waals surface area contributed by atoms with E-state index in [0.29, 0.717) is 0 Å². The highest BCUT2D eigenvalue weighted by Crippen LogP contribution is 2.28. The Labute approximate surface area is 154 Å². The lowest BCUT2D eigenvalue weighted by Gasteiger charge is -2.38. The van der Waals surface area contributed by atoms with Crippen LogP contribution >= 0.6 is 35.6 Å². The smallest absolute Gasteiger partial charge is 0.193 e.